The summed E-state index contributed by atoms with van der Waals surface area (Å²) in [6.07, 6.45) is 16.0. The molecule has 0 unspecified atom stereocenters. The van der Waals surface area contributed by atoms with Crippen LogP contribution in [0.1, 0.15) is 237 Å². The van der Waals surface area contributed by atoms with Crippen molar-refractivity contribution in [1.29, 1.82) is 0 Å². The maximum absolute atomic E-state index is 10.3. The zero-order chi connectivity index (χ0) is 69.2. The standard InChI is InChI=1S/C28H41N3O2S.C26H39N3O2S.C26H39N3OS/c1-27(2)12-13-28(3,4)21-16-18(8-9-20(21)27)23-17-34-26(30-23)31-14-10-19(11-15-31)29-22-6-5-7-24(32)25(22)33;1-25(2)10-11-26(3,4)22-15-18(5-6-21(22)25)23-17-32-24(28-23)29-13-8-19(9-14-29)27-12-7-20(31)16-30;1-25(2)10-11-26(3,4)22-15-19(5-6-21(22)25)23-17-31-24(28-23)18-7-12-29(13-8-18)16-20(27)9-14-30/h8-9,16-17,19,22,24-25,29,32-33H,5-7,10-15H2,1-4H3;5-6,15,17,19-20,27,30-31H,7-14,16H2,1-4H3;5-6,15,17-18,20,30H,7-14,16,27H2,1-4H3/t22-,24-,25+;2*20-/m100/s1. The van der Waals surface area contributed by atoms with Crippen molar-refractivity contribution >= 4 is 44.3 Å². The molecule has 4 aliphatic carbocycles. The van der Waals surface area contributed by atoms with Gasteiger partial charge in [-0.1, -0.05) is 119 Å². The molecule has 7 aliphatic rings. The van der Waals surface area contributed by atoms with E-state index in [-0.39, 0.29) is 57.8 Å². The molecule has 0 bridgehead atoms. The quantitative estimate of drug-likeness (QED) is 0.0429. The highest BCUT2D eigenvalue weighted by atomic mass is 32.1. The van der Waals surface area contributed by atoms with Crippen molar-refractivity contribution in [3.8, 4) is 33.8 Å². The molecule has 6 heterocycles. The number of fused-ring (bicyclic) bond motifs is 3. The molecule has 17 heteroatoms. The van der Waals surface area contributed by atoms with Crippen LogP contribution in [-0.2, 0) is 32.5 Å². The molecule has 0 spiro atoms. The third kappa shape index (κ3) is 17.5. The van der Waals surface area contributed by atoms with Crippen molar-refractivity contribution in [1.82, 2.24) is 30.5 Å². The van der Waals surface area contributed by atoms with Gasteiger partial charge in [-0.15, -0.1) is 34.0 Å². The smallest absolute Gasteiger partial charge is 0.185 e. The molecule has 3 saturated heterocycles. The Morgan fingerprint density at radius 3 is 1.38 bits per heavy atom. The van der Waals surface area contributed by atoms with Crippen molar-refractivity contribution in [2.75, 3.05) is 75.4 Å². The van der Waals surface area contributed by atoms with Crippen molar-refractivity contribution < 1.29 is 25.5 Å². The first-order chi connectivity index (χ1) is 46.0. The first kappa shape index (κ1) is 74.0. The molecule has 3 aliphatic heterocycles. The van der Waals surface area contributed by atoms with Gasteiger partial charge in [-0.3, -0.25) is 0 Å². The first-order valence-corrected chi connectivity index (χ1v) is 39.7. The highest BCUT2D eigenvalue weighted by molar-refractivity contribution is 7.14. The molecular formula is C80H119N9O5S3. The number of nitrogens with one attached hydrogen (secondary N) is 2. The van der Waals surface area contributed by atoms with E-state index in [1.807, 2.05) is 11.3 Å². The van der Waals surface area contributed by atoms with Crippen LogP contribution >= 0.6 is 34.0 Å². The summed E-state index contributed by atoms with van der Waals surface area (Å²) >= 11 is 5.32. The number of anilines is 2. The second-order valence-electron chi connectivity index (χ2n) is 33.9. The fraction of sp³-hybridized carbons (Fsp3) is 0.662. The van der Waals surface area contributed by atoms with E-state index in [4.69, 9.17) is 30.9 Å². The summed E-state index contributed by atoms with van der Waals surface area (Å²) in [5.74, 6) is 0.553. The van der Waals surface area contributed by atoms with E-state index >= 15 is 0 Å². The van der Waals surface area contributed by atoms with E-state index in [0.29, 0.717) is 37.3 Å². The molecule has 97 heavy (non-hydrogen) atoms. The predicted molar refractivity (Wildman–Crippen MR) is 406 cm³/mol. The molecule has 4 fully saturated rings. The number of hydrogen-bond donors (Lipinski definition) is 8. The number of nitrogens with zero attached hydrogens (tertiary/aromatic N) is 6. The summed E-state index contributed by atoms with van der Waals surface area (Å²) in [5.41, 5.74) is 23.5. The van der Waals surface area contributed by atoms with Crippen LogP contribution in [0.4, 0.5) is 10.3 Å². The number of thiazole rings is 3. The summed E-state index contributed by atoms with van der Waals surface area (Å²) in [7, 11) is 0. The molecule has 0 amide bonds. The number of aliphatic hydroxyl groups is 5. The van der Waals surface area contributed by atoms with Gasteiger partial charge in [0.1, 0.15) is 0 Å². The minimum atomic E-state index is -0.638. The summed E-state index contributed by atoms with van der Waals surface area (Å²) in [5, 5.41) is 65.1. The van der Waals surface area contributed by atoms with Crippen LogP contribution in [0.2, 0.25) is 0 Å². The van der Waals surface area contributed by atoms with Crippen LogP contribution in [0.15, 0.2) is 70.7 Å². The Morgan fingerprint density at radius 2 is 0.938 bits per heavy atom. The van der Waals surface area contributed by atoms with Crippen LogP contribution < -0.4 is 26.2 Å². The number of aliphatic hydroxyl groups excluding tert-OH is 5. The maximum atomic E-state index is 10.3. The van der Waals surface area contributed by atoms with Crippen molar-refractivity contribution in [3.63, 3.8) is 0 Å². The van der Waals surface area contributed by atoms with Gasteiger partial charge in [0.05, 0.1) is 47.0 Å². The van der Waals surface area contributed by atoms with Gasteiger partial charge in [-0.2, -0.15) is 0 Å². The molecule has 6 aromatic rings. The SMILES string of the molecule is CC1(C)CCC(C)(C)c2cc(-c3csc(C4CCN(C[C@@H](N)CCO)CC4)n3)ccc21.CC1(C)CCC(C)(C)c2cc(-c3csc(N4CCC(NCC[C@H](O)CO)CC4)n3)ccc21.CC1(C)CCC(C)(C)c2cc(-c3csc(N4CCC(N[C@@H]5CCC[C@@H](O)[C@H]5O)CC4)n3)ccc21. The van der Waals surface area contributed by atoms with Crippen LogP contribution in [0.3, 0.4) is 0 Å². The predicted octanol–water partition coefficient (Wildman–Crippen LogP) is 14.5. The highest BCUT2D eigenvalue weighted by Crippen LogP contribution is 2.50. The Kier molecular flexibility index (Phi) is 23.5. The lowest BCUT2D eigenvalue weighted by molar-refractivity contribution is -0.0324. The van der Waals surface area contributed by atoms with E-state index in [1.54, 1.807) is 22.7 Å². The van der Waals surface area contributed by atoms with Gasteiger partial charge < -0.3 is 56.6 Å². The van der Waals surface area contributed by atoms with Gasteiger partial charge >= 0.3 is 0 Å². The Hall–Kier alpha value is -4.21. The molecule has 1 saturated carbocycles. The summed E-state index contributed by atoms with van der Waals surface area (Å²) < 4.78 is 0. The molecule has 3 aromatic carbocycles. The molecule has 5 atom stereocenters. The summed E-state index contributed by atoms with van der Waals surface area (Å²) in [4.78, 5) is 22.4. The van der Waals surface area contributed by atoms with E-state index in [0.717, 1.165) is 131 Å². The maximum Gasteiger partial charge on any atom is 0.185 e. The van der Waals surface area contributed by atoms with Crippen LogP contribution in [-0.4, -0.2) is 153 Å². The van der Waals surface area contributed by atoms with Crippen LogP contribution in [0, 0.1) is 0 Å². The fourth-order valence-electron chi connectivity index (χ4n) is 16.6. The minimum absolute atomic E-state index is 0.0185. The van der Waals surface area contributed by atoms with Crippen LogP contribution in [0.25, 0.3) is 33.8 Å². The van der Waals surface area contributed by atoms with Crippen molar-refractivity contribution in [3.05, 3.63) is 109 Å². The molecule has 0 radical (unpaired) electrons. The second-order valence-corrected chi connectivity index (χ2v) is 36.5. The average molecular weight is 1380 g/mol. The largest absolute Gasteiger partial charge is 0.396 e. The minimum Gasteiger partial charge on any atom is -0.396 e. The molecule has 14 nitrogen and oxygen atoms in total. The van der Waals surface area contributed by atoms with Gasteiger partial charge in [-0.25, -0.2) is 15.0 Å². The van der Waals surface area contributed by atoms with E-state index in [1.165, 1.54) is 93.6 Å². The van der Waals surface area contributed by atoms with Crippen molar-refractivity contribution in [2.45, 2.75) is 273 Å². The first-order valence-electron chi connectivity index (χ1n) is 37.1. The average Bonchev–Trinajstić information content (AvgIpc) is 1.44. The van der Waals surface area contributed by atoms with Gasteiger partial charge in [-0.05, 0) is 213 Å². The van der Waals surface area contributed by atoms with Gasteiger partial charge in [0, 0.05) is 102 Å². The van der Waals surface area contributed by atoms with Gasteiger partial charge in [0.15, 0.2) is 10.3 Å². The molecular weight excluding hydrogens is 1260 g/mol. The monoisotopic (exact) mass is 1380 g/mol. The number of aromatic nitrogens is 3. The number of hydrogen-bond acceptors (Lipinski definition) is 17. The number of likely N-dealkylation sites (tertiary alicyclic amines) is 1. The van der Waals surface area contributed by atoms with Gasteiger partial charge in [0.25, 0.3) is 0 Å². The Morgan fingerprint density at radius 1 is 0.515 bits per heavy atom. The summed E-state index contributed by atoms with van der Waals surface area (Å²) in [6.45, 7) is 36.3. The van der Waals surface area contributed by atoms with Crippen molar-refractivity contribution in [2.24, 2.45) is 5.73 Å². The van der Waals surface area contributed by atoms with E-state index in [9.17, 15) is 15.3 Å². The Bertz CT molecular complexity index is 3550. The fourth-order valence-corrected chi connectivity index (χ4v) is 19.4. The zero-order valence-electron chi connectivity index (χ0n) is 60.9. The number of piperidine rings is 3. The summed E-state index contributed by atoms with van der Waals surface area (Å²) in [6, 6.07) is 22.0. The number of rotatable bonds is 17. The lowest BCUT2D eigenvalue weighted by Gasteiger charge is -2.42. The Balaban J connectivity index is 0.000000148. The van der Waals surface area contributed by atoms with Gasteiger partial charge in [0.2, 0.25) is 0 Å². The third-order valence-corrected chi connectivity index (χ3v) is 26.6. The highest BCUT2D eigenvalue weighted by Gasteiger charge is 2.41. The van der Waals surface area contributed by atoms with E-state index < -0.39 is 18.3 Å². The number of nitrogens with two attached hydrogens (primary N) is 1. The zero-order valence-corrected chi connectivity index (χ0v) is 63.3. The molecule has 532 valence electrons. The lowest BCUT2D eigenvalue weighted by Crippen LogP contribution is -2.54. The Labute approximate surface area is 593 Å². The molecule has 3 aromatic heterocycles. The molecule has 13 rings (SSSR count). The lowest BCUT2D eigenvalue weighted by atomic mass is 9.63. The topological polar surface area (TPSA) is 200 Å². The molecule has 9 N–H and O–H groups in total. The third-order valence-electron chi connectivity index (χ3n) is 23.8. The van der Waals surface area contributed by atoms with E-state index in [2.05, 4.69) is 179 Å². The van der Waals surface area contributed by atoms with Crippen LogP contribution in [0.5, 0.6) is 0 Å². The number of benzene rings is 3. The normalized spacial score (nSPS) is 24.4. The second kappa shape index (κ2) is 30.8.